The summed E-state index contributed by atoms with van der Waals surface area (Å²) in [7, 11) is 1.67. The molecule has 2 aromatic rings. The summed E-state index contributed by atoms with van der Waals surface area (Å²) in [5.74, 6) is 1.76. The van der Waals surface area contributed by atoms with Crippen molar-refractivity contribution < 1.29 is 9.47 Å². The summed E-state index contributed by atoms with van der Waals surface area (Å²) in [6, 6.07) is 5.93. The standard InChI is InChI=1S/C12H14N2O2/c1-15-11-6-2-4-9-8-13-12(14(9)11)10-5-3-7-16-10/h2,4,6,8,10H,3,5,7H2,1H3. The van der Waals surface area contributed by atoms with E-state index in [2.05, 4.69) is 4.98 Å². The topological polar surface area (TPSA) is 35.8 Å². The van der Waals surface area contributed by atoms with Gasteiger partial charge < -0.3 is 9.47 Å². The lowest BCUT2D eigenvalue weighted by Crippen LogP contribution is -2.04. The van der Waals surface area contributed by atoms with Crippen molar-refractivity contribution in [3.05, 3.63) is 30.2 Å². The molecule has 3 rings (SSSR count). The first kappa shape index (κ1) is 9.66. The van der Waals surface area contributed by atoms with E-state index in [0.29, 0.717) is 0 Å². The minimum atomic E-state index is 0.110. The monoisotopic (exact) mass is 218 g/mol. The molecule has 0 spiro atoms. The minimum Gasteiger partial charge on any atom is -0.482 e. The summed E-state index contributed by atoms with van der Waals surface area (Å²) in [6.45, 7) is 0.828. The van der Waals surface area contributed by atoms with Crippen LogP contribution in [0.1, 0.15) is 24.8 Å². The Kier molecular flexibility index (Phi) is 2.29. The van der Waals surface area contributed by atoms with Crippen molar-refractivity contribution in [1.82, 2.24) is 9.38 Å². The van der Waals surface area contributed by atoms with Gasteiger partial charge in [0.25, 0.3) is 0 Å². The number of imidazole rings is 1. The highest BCUT2D eigenvalue weighted by Gasteiger charge is 2.23. The van der Waals surface area contributed by atoms with Crippen LogP contribution in [-0.4, -0.2) is 23.1 Å². The molecule has 1 saturated heterocycles. The maximum Gasteiger partial charge on any atom is 0.199 e. The van der Waals surface area contributed by atoms with Crippen molar-refractivity contribution in [1.29, 1.82) is 0 Å². The predicted octanol–water partition coefficient (Wildman–Crippen LogP) is 2.19. The van der Waals surface area contributed by atoms with E-state index in [-0.39, 0.29) is 6.10 Å². The van der Waals surface area contributed by atoms with Gasteiger partial charge in [-0.3, -0.25) is 4.40 Å². The highest BCUT2D eigenvalue weighted by Crippen LogP contribution is 2.30. The molecule has 0 radical (unpaired) electrons. The van der Waals surface area contributed by atoms with E-state index in [9.17, 15) is 0 Å². The van der Waals surface area contributed by atoms with Gasteiger partial charge in [-0.25, -0.2) is 4.98 Å². The molecule has 0 bridgehead atoms. The highest BCUT2D eigenvalue weighted by molar-refractivity contribution is 5.49. The van der Waals surface area contributed by atoms with Crippen LogP contribution in [-0.2, 0) is 4.74 Å². The summed E-state index contributed by atoms with van der Waals surface area (Å²) < 4.78 is 13.0. The molecule has 4 heteroatoms. The molecule has 1 aliphatic rings. The number of hydrogen-bond acceptors (Lipinski definition) is 3. The number of aromatic nitrogens is 2. The first-order valence-corrected chi connectivity index (χ1v) is 5.52. The molecule has 16 heavy (non-hydrogen) atoms. The smallest absolute Gasteiger partial charge is 0.199 e. The second-order valence-electron chi connectivity index (χ2n) is 3.95. The molecule has 1 unspecified atom stereocenters. The van der Waals surface area contributed by atoms with Gasteiger partial charge in [0.15, 0.2) is 5.88 Å². The van der Waals surface area contributed by atoms with E-state index in [4.69, 9.17) is 9.47 Å². The number of fused-ring (bicyclic) bond motifs is 1. The van der Waals surface area contributed by atoms with Crippen LogP contribution >= 0.6 is 0 Å². The SMILES string of the molecule is COc1cccc2cnc(C3CCCO3)n12. The average Bonchev–Trinajstić information content (AvgIpc) is 2.96. The van der Waals surface area contributed by atoms with Crippen LogP contribution in [0.15, 0.2) is 24.4 Å². The molecule has 0 amide bonds. The van der Waals surface area contributed by atoms with Crippen molar-refractivity contribution in [3.8, 4) is 5.88 Å². The minimum absolute atomic E-state index is 0.110. The van der Waals surface area contributed by atoms with Crippen LogP contribution in [0.5, 0.6) is 5.88 Å². The largest absolute Gasteiger partial charge is 0.482 e. The number of methoxy groups -OCH3 is 1. The molecule has 0 aliphatic carbocycles. The van der Waals surface area contributed by atoms with Crippen LogP contribution in [0.25, 0.3) is 5.52 Å². The number of pyridine rings is 1. The molecule has 84 valence electrons. The van der Waals surface area contributed by atoms with E-state index in [0.717, 1.165) is 36.7 Å². The Bertz CT molecular complexity index is 501. The Hall–Kier alpha value is -1.55. The Labute approximate surface area is 93.8 Å². The van der Waals surface area contributed by atoms with Gasteiger partial charge in [0.2, 0.25) is 0 Å². The first-order chi connectivity index (χ1) is 7.90. The molecule has 3 heterocycles. The third-order valence-electron chi connectivity index (χ3n) is 2.97. The van der Waals surface area contributed by atoms with Gasteiger partial charge in [-0.05, 0) is 25.0 Å². The van der Waals surface area contributed by atoms with Gasteiger partial charge in [-0.1, -0.05) is 6.07 Å². The summed E-state index contributed by atoms with van der Waals surface area (Å²) in [4.78, 5) is 4.44. The van der Waals surface area contributed by atoms with E-state index in [1.807, 2.05) is 28.8 Å². The van der Waals surface area contributed by atoms with E-state index in [1.165, 1.54) is 0 Å². The lowest BCUT2D eigenvalue weighted by atomic mass is 10.2. The molecule has 0 saturated carbocycles. The van der Waals surface area contributed by atoms with Gasteiger partial charge in [-0.15, -0.1) is 0 Å². The number of nitrogens with zero attached hydrogens (tertiary/aromatic N) is 2. The Morgan fingerprint density at radius 3 is 3.19 bits per heavy atom. The fraction of sp³-hybridized carbons (Fsp3) is 0.417. The molecule has 4 nitrogen and oxygen atoms in total. The molecule has 1 aliphatic heterocycles. The predicted molar refractivity (Wildman–Crippen MR) is 59.7 cm³/mol. The third kappa shape index (κ3) is 1.38. The number of ether oxygens (including phenoxy) is 2. The molecular weight excluding hydrogens is 204 g/mol. The van der Waals surface area contributed by atoms with Gasteiger partial charge in [0.05, 0.1) is 18.8 Å². The molecule has 1 atom stereocenters. The Balaban J connectivity index is 2.16. The zero-order valence-electron chi connectivity index (χ0n) is 9.22. The van der Waals surface area contributed by atoms with Gasteiger partial charge in [0.1, 0.15) is 11.9 Å². The second-order valence-corrected chi connectivity index (χ2v) is 3.95. The van der Waals surface area contributed by atoms with Gasteiger partial charge in [0, 0.05) is 6.61 Å². The molecule has 2 aromatic heterocycles. The maximum atomic E-state index is 5.67. The quantitative estimate of drug-likeness (QED) is 0.775. The van der Waals surface area contributed by atoms with E-state index < -0.39 is 0 Å². The third-order valence-corrected chi connectivity index (χ3v) is 2.97. The Morgan fingerprint density at radius 2 is 2.44 bits per heavy atom. The lowest BCUT2D eigenvalue weighted by Gasteiger charge is -2.11. The van der Waals surface area contributed by atoms with Crippen molar-refractivity contribution in [2.24, 2.45) is 0 Å². The summed E-state index contributed by atoms with van der Waals surface area (Å²) in [5, 5.41) is 0. The van der Waals surface area contributed by atoms with Crippen molar-refractivity contribution >= 4 is 5.52 Å². The fourth-order valence-corrected chi connectivity index (χ4v) is 2.21. The van der Waals surface area contributed by atoms with Crippen molar-refractivity contribution in [2.45, 2.75) is 18.9 Å². The average molecular weight is 218 g/mol. The second kappa shape index (κ2) is 3.79. The number of hydrogen-bond donors (Lipinski definition) is 0. The van der Waals surface area contributed by atoms with Crippen LogP contribution in [0.2, 0.25) is 0 Å². The first-order valence-electron chi connectivity index (χ1n) is 5.52. The fourth-order valence-electron chi connectivity index (χ4n) is 2.21. The Morgan fingerprint density at radius 1 is 1.50 bits per heavy atom. The van der Waals surface area contributed by atoms with Crippen LogP contribution < -0.4 is 4.74 Å². The van der Waals surface area contributed by atoms with Crippen LogP contribution in [0.4, 0.5) is 0 Å². The van der Waals surface area contributed by atoms with Gasteiger partial charge >= 0.3 is 0 Å². The van der Waals surface area contributed by atoms with Crippen molar-refractivity contribution in [2.75, 3.05) is 13.7 Å². The zero-order valence-corrected chi connectivity index (χ0v) is 9.22. The molecule has 0 N–H and O–H groups in total. The normalized spacial score (nSPS) is 20.4. The summed E-state index contributed by atoms with van der Waals surface area (Å²) in [5.41, 5.74) is 1.05. The summed E-state index contributed by atoms with van der Waals surface area (Å²) >= 11 is 0. The van der Waals surface area contributed by atoms with E-state index >= 15 is 0 Å². The zero-order chi connectivity index (χ0) is 11.0. The van der Waals surface area contributed by atoms with Crippen molar-refractivity contribution in [3.63, 3.8) is 0 Å². The van der Waals surface area contributed by atoms with E-state index in [1.54, 1.807) is 7.11 Å². The lowest BCUT2D eigenvalue weighted by molar-refractivity contribution is 0.104. The molecule has 1 fully saturated rings. The van der Waals surface area contributed by atoms with Gasteiger partial charge in [-0.2, -0.15) is 0 Å². The molecular formula is C12H14N2O2. The number of rotatable bonds is 2. The molecule has 0 aromatic carbocycles. The van der Waals surface area contributed by atoms with Crippen LogP contribution in [0, 0.1) is 0 Å². The summed E-state index contributed by atoms with van der Waals surface area (Å²) in [6.07, 6.45) is 4.12. The maximum absolute atomic E-state index is 5.67. The van der Waals surface area contributed by atoms with Crippen LogP contribution in [0.3, 0.4) is 0 Å². The highest BCUT2D eigenvalue weighted by atomic mass is 16.5.